The quantitative estimate of drug-likeness (QED) is 0.915. The lowest BCUT2D eigenvalue weighted by atomic mass is 9.99. The number of carbonyl (C=O) groups excluding carboxylic acids is 1. The van der Waals surface area contributed by atoms with E-state index >= 15 is 0 Å². The van der Waals surface area contributed by atoms with Crippen molar-refractivity contribution in [1.29, 1.82) is 0 Å². The third-order valence-corrected chi connectivity index (χ3v) is 3.93. The fraction of sp³-hybridized carbons (Fsp3) is 0.500. The number of amides is 1. The summed E-state index contributed by atoms with van der Waals surface area (Å²) in [4.78, 5) is 24.9. The summed E-state index contributed by atoms with van der Waals surface area (Å²) >= 11 is 0. The van der Waals surface area contributed by atoms with E-state index < -0.39 is 11.9 Å². The van der Waals surface area contributed by atoms with Crippen LogP contribution in [0.2, 0.25) is 0 Å². The van der Waals surface area contributed by atoms with Crippen molar-refractivity contribution < 1.29 is 14.7 Å². The van der Waals surface area contributed by atoms with Gasteiger partial charge in [0.1, 0.15) is 0 Å². The van der Waals surface area contributed by atoms with Crippen LogP contribution < -0.4 is 0 Å². The number of benzene rings is 1. The summed E-state index contributed by atoms with van der Waals surface area (Å²) in [6, 6.07) is 8.18. The Bertz CT molecular complexity index is 495. The van der Waals surface area contributed by atoms with Crippen molar-refractivity contribution in [3.63, 3.8) is 0 Å². The molecule has 2 atom stereocenters. The first-order valence-electron chi connectivity index (χ1n) is 7.04. The molecule has 1 aromatic carbocycles. The van der Waals surface area contributed by atoms with Gasteiger partial charge in [-0.25, -0.2) is 0 Å². The predicted molar refractivity (Wildman–Crippen MR) is 76.4 cm³/mol. The first-order valence-corrected chi connectivity index (χ1v) is 7.04. The average molecular weight is 275 g/mol. The summed E-state index contributed by atoms with van der Waals surface area (Å²) in [5.41, 5.74) is 2.35. The Morgan fingerprint density at radius 3 is 2.55 bits per heavy atom. The third kappa shape index (κ3) is 3.38. The highest BCUT2D eigenvalue weighted by molar-refractivity contribution is 5.80. The Labute approximate surface area is 119 Å². The van der Waals surface area contributed by atoms with Crippen molar-refractivity contribution >= 4 is 11.9 Å². The lowest BCUT2D eigenvalue weighted by Gasteiger charge is -2.20. The molecule has 20 heavy (non-hydrogen) atoms. The van der Waals surface area contributed by atoms with Crippen molar-refractivity contribution in [2.24, 2.45) is 11.8 Å². The monoisotopic (exact) mass is 275 g/mol. The van der Waals surface area contributed by atoms with Crippen molar-refractivity contribution in [1.82, 2.24) is 4.90 Å². The van der Waals surface area contributed by atoms with Gasteiger partial charge in [0.05, 0.1) is 5.92 Å². The predicted octanol–water partition coefficient (Wildman–Crippen LogP) is 2.11. The number of hydrogen-bond donors (Lipinski definition) is 1. The number of aryl methyl sites for hydroxylation is 1. The minimum absolute atomic E-state index is 0.0642. The molecule has 108 valence electrons. The summed E-state index contributed by atoms with van der Waals surface area (Å²) in [6.07, 6.45) is 1.27. The van der Waals surface area contributed by atoms with Crippen molar-refractivity contribution in [3.8, 4) is 0 Å². The van der Waals surface area contributed by atoms with E-state index in [2.05, 4.69) is 0 Å². The number of carboxylic acids is 1. The van der Waals surface area contributed by atoms with E-state index in [-0.39, 0.29) is 11.8 Å². The molecule has 1 N–H and O–H groups in total. The van der Waals surface area contributed by atoms with E-state index in [1.165, 1.54) is 5.56 Å². The Kier molecular flexibility index (Phi) is 4.42. The number of nitrogens with zero attached hydrogens (tertiary/aromatic N) is 1. The lowest BCUT2D eigenvalue weighted by Crippen LogP contribution is -2.34. The molecule has 0 bridgehead atoms. The minimum atomic E-state index is -0.800. The van der Waals surface area contributed by atoms with Crippen LogP contribution in [0, 0.1) is 18.8 Å². The van der Waals surface area contributed by atoms with Crippen LogP contribution in [0.3, 0.4) is 0 Å². The lowest BCUT2D eigenvalue weighted by molar-refractivity contribution is -0.141. The van der Waals surface area contributed by atoms with Crippen LogP contribution in [0.5, 0.6) is 0 Å². The van der Waals surface area contributed by atoms with Gasteiger partial charge in [0, 0.05) is 19.0 Å². The van der Waals surface area contributed by atoms with Gasteiger partial charge in [-0.15, -0.1) is 0 Å². The Morgan fingerprint density at radius 2 is 2.00 bits per heavy atom. The maximum atomic E-state index is 12.3. The molecule has 1 aliphatic rings. The van der Waals surface area contributed by atoms with Crippen LogP contribution in [-0.2, 0) is 16.0 Å². The highest BCUT2D eigenvalue weighted by Gasteiger charge is 2.32. The van der Waals surface area contributed by atoms with Crippen molar-refractivity contribution in [3.05, 3.63) is 35.4 Å². The van der Waals surface area contributed by atoms with Gasteiger partial charge in [0.25, 0.3) is 0 Å². The highest BCUT2D eigenvalue weighted by Crippen LogP contribution is 2.20. The second-order valence-corrected chi connectivity index (χ2v) is 5.70. The number of aliphatic carboxylic acids is 1. The van der Waals surface area contributed by atoms with E-state index in [0.29, 0.717) is 25.9 Å². The molecule has 0 aliphatic carbocycles. The molecule has 0 radical (unpaired) electrons. The number of carboxylic acid groups (broad SMARTS) is 1. The van der Waals surface area contributed by atoms with Gasteiger partial charge in [0.2, 0.25) is 5.91 Å². The van der Waals surface area contributed by atoms with Crippen LogP contribution in [0.1, 0.15) is 24.5 Å². The number of likely N-dealkylation sites (tertiary alicyclic amines) is 1. The molecule has 1 amide bonds. The van der Waals surface area contributed by atoms with Gasteiger partial charge >= 0.3 is 5.97 Å². The first-order chi connectivity index (χ1) is 9.47. The normalized spacial score (nSPS) is 19.9. The second-order valence-electron chi connectivity index (χ2n) is 5.70. The number of carbonyl (C=O) groups is 2. The zero-order valence-electron chi connectivity index (χ0n) is 12.0. The summed E-state index contributed by atoms with van der Waals surface area (Å²) in [6.45, 7) is 4.87. The van der Waals surface area contributed by atoms with E-state index in [1.54, 1.807) is 4.90 Å². The minimum Gasteiger partial charge on any atom is -0.481 e. The van der Waals surface area contributed by atoms with E-state index in [1.807, 2.05) is 38.1 Å². The largest absolute Gasteiger partial charge is 0.481 e. The van der Waals surface area contributed by atoms with Gasteiger partial charge in [0.15, 0.2) is 0 Å². The summed E-state index contributed by atoms with van der Waals surface area (Å²) in [5.74, 6) is -1.24. The molecule has 1 aromatic rings. The molecule has 2 unspecified atom stereocenters. The van der Waals surface area contributed by atoms with Crippen LogP contribution in [0.25, 0.3) is 0 Å². The highest BCUT2D eigenvalue weighted by atomic mass is 16.4. The van der Waals surface area contributed by atoms with Crippen molar-refractivity contribution in [2.45, 2.75) is 26.7 Å². The molecule has 4 nitrogen and oxygen atoms in total. The van der Waals surface area contributed by atoms with Gasteiger partial charge in [-0.3, -0.25) is 9.59 Å². The smallest absolute Gasteiger partial charge is 0.308 e. The molecule has 0 saturated carbocycles. The molecule has 0 aromatic heterocycles. The molecule has 4 heteroatoms. The van der Waals surface area contributed by atoms with Crippen LogP contribution in [-0.4, -0.2) is 35.0 Å². The van der Waals surface area contributed by atoms with E-state index in [0.717, 1.165) is 5.56 Å². The van der Waals surface area contributed by atoms with E-state index in [4.69, 9.17) is 5.11 Å². The fourth-order valence-electron chi connectivity index (χ4n) is 2.64. The molecular weight excluding hydrogens is 254 g/mol. The number of rotatable bonds is 4. The second kappa shape index (κ2) is 6.07. The Balaban J connectivity index is 1.92. The molecule has 2 rings (SSSR count). The molecule has 1 heterocycles. The standard InChI is InChI=1S/C16H21NO3/c1-11-3-5-13(6-4-11)9-12(2)15(18)17-8-7-14(10-17)16(19)20/h3-6,12,14H,7-10H2,1-2H3,(H,19,20). The summed E-state index contributed by atoms with van der Waals surface area (Å²) < 4.78 is 0. The van der Waals surface area contributed by atoms with Gasteiger partial charge in [-0.2, -0.15) is 0 Å². The SMILES string of the molecule is Cc1ccc(CC(C)C(=O)N2CCC(C(=O)O)C2)cc1. The Morgan fingerprint density at radius 1 is 1.35 bits per heavy atom. The first kappa shape index (κ1) is 14.6. The maximum Gasteiger partial charge on any atom is 0.308 e. The summed E-state index contributed by atoms with van der Waals surface area (Å²) in [5, 5.41) is 8.97. The molecule has 1 aliphatic heterocycles. The summed E-state index contributed by atoms with van der Waals surface area (Å²) in [7, 11) is 0. The maximum absolute atomic E-state index is 12.3. The van der Waals surface area contributed by atoms with Crippen LogP contribution >= 0.6 is 0 Å². The third-order valence-electron chi connectivity index (χ3n) is 3.93. The molecular formula is C16H21NO3. The molecule has 0 spiro atoms. The van der Waals surface area contributed by atoms with Gasteiger partial charge in [-0.1, -0.05) is 36.8 Å². The molecule has 1 fully saturated rings. The van der Waals surface area contributed by atoms with Crippen molar-refractivity contribution in [2.75, 3.05) is 13.1 Å². The zero-order chi connectivity index (χ0) is 14.7. The van der Waals surface area contributed by atoms with Gasteiger partial charge in [-0.05, 0) is 25.3 Å². The van der Waals surface area contributed by atoms with Crippen LogP contribution in [0.4, 0.5) is 0 Å². The van der Waals surface area contributed by atoms with Gasteiger partial charge < -0.3 is 10.0 Å². The molecule has 1 saturated heterocycles. The van der Waals surface area contributed by atoms with E-state index in [9.17, 15) is 9.59 Å². The van der Waals surface area contributed by atoms with Crippen LogP contribution in [0.15, 0.2) is 24.3 Å². The average Bonchev–Trinajstić information content (AvgIpc) is 2.90. The fourth-order valence-corrected chi connectivity index (χ4v) is 2.64. The number of hydrogen-bond acceptors (Lipinski definition) is 2. The Hall–Kier alpha value is -1.84. The topological polar surface area (TPSA) is 57.6 Å². The zero-order valence-corrected chi connectivity index (χ0v) is 12.0.